The third-order valence-electron chi connectivity index (χ3n) is 7.13. The molecule has 1 aliphatic rings. The van der Waals surface area contributed by atoms with Gasteiger partial charge in [0.25, 0.3) is 17.4 Å². The Balaban J connectivity index is 1.59. The monoisotopic (exact) mass is 497 g/mol. The van der Waals surface area contributed by atoms with E-state index in [1.54, 1.807) is 0 Å². The molecule has 184 valence electrons. The van der Waals surface area contributed by atoms with Crippen LogP contribution in [0.2, 0.25) is 0 Å². The Bertz CT molecular complexity index is 1630. The summed E-state index contributed by atoms with van der Waals surface area (Å²) in [6.07, 6.45) is 0. The molecule has 0 spiro atoms. The van der Waals surface area contributed by atoms with Crippen LogP contribution >= 0.6 is 0 Å². The van der Waals surface area contributed by atoms with Crippen molar-refractivity contribution in [2.45, 2.75) is 5.41 Å². The number of hydrogen-bond acceptors (Lipinski definition) is 4. The first-order chi connectivity index (χ1) is 18.5. The lowest BCUT2D eigenvalue weighted by Crippen LogP contribution is -2.31. The van der Waals surface area contributed by atoms with Crippen LogP contribution < -0.4 is 16.6 Å². The van der Waals surface area contributed by atoms with Gasteiger partial charge in [0.05, 0.1) is 22.2 Å². The highest BCUT2D eigenvalue weighted by atomic mass is 16.2. The predicted octanol–water partition coefficient (Wildman–Crippen LogP) is 4.69. The molecule has 6 heteroatoms. The molecule has 4 aromatic carbocycles. The van der Waals surface area contributed by atoms with E-state index in [2.05, 4.69) is 41.7 Å². The average molecular weight is 498 g/mol. The highest BCUT2D eigenvalue weighted by Gasteiger charge is 2.38. The van der Waals surface area contributed by atoms with E-state index in [1.165, 1.54) is 4.57 Å². The maximum absolute atomic E-state index is 13.0. The Hall–Kier alpha value is -5.23. The molecule has 6 rings (SSSR count). The molecule has 0 saturated heterocycles. The van der Waals surface area contributed by atoms with Gasteiger partial charge in [-0.1, -0.05) is 103 Å². The molecule has 0 saturated carbocycles. The van der Waals surface area contributed by atoms with Gasteiger partial charge in [0.1, 0.15) is 5.82 Å². The number of fused-ring (bicyclic) bond motifs is 1. The van der Waals surface area contributed by atoms with E-state index in [0.29, 0.717) is 5.69 Å². The van der Waals surface area contributed by atoms with Crippen molar-refractivity contribution in [3.63, 3.8) is 0 Å². The van der Waals surface area contributed by atoms with Crippen LogP contribution in [0, 0.1) is 0 Å². The standard InChI is InChI=1S/C32H23N3O3/c33-29-28-26(30(37)34-31(28)38)20-27(36)35(29)25-18-16-24(17-19-25)32(21-10-4-1-5-11-21,22-12-6-2-7-13-22)23-14-8-3-9-15-23/h1-20H,33H2,(H,34,37,38). The van der Waals surface area contributed by atoms with Gasteiger partial charge in [0.15, 0.2) is 0 Å². The summed E-state index contributed by atoms with van der Waals surface area (Å²) in [6.45, 7) is 0. The van der Waals surface area contributed by atoms with Gasteiger partial charge in [0, 0.05) is 6.07 Å². The SMILES string of the molecule is Nc1c2c(cc(=O)n1-c1ccc(C(c3ccccc3)(c3ccccc3)c3ccccc3)cc1)C(=O)NC2=O. The zero-order chi connectivity index (χ0) is 26.3. The first-order valence-corrected chi connectivity index (χ1v) is 12.2. The number of benzene rings is 4. The van der Waals surface area contributed by atoms with Crippen LogP contribution in [0.4, 0.5) is 5.82 Å². The lowest BCUT2D eigenvalue weighted by atomic mass is 9.65. The van der Waals surface area contributed by atoms with Crippen molar-refractivity contribution in [2.75, 3.05) is 5.73 Å². The van der Waals surface area contributed by atoms with E-state index in [-0.39, 0.29) is 16.9 Å². The Morgan fingerprint density at radius 1 is 0.579 bits per heavy atom. The highest BCUT2D eigenvalue weighted by molar-refractivity contribution is 6.23. The van der Waals surface area contributed by atoms with E-state index in [1.807, 2.05) is 78.9 Å². The normalized spacial score (nSPS) is 12.7. The van der Waals surface area contributed by atoms with Gasteiger partial charge in [-0.3, -0.25) is 24.3 Å². The number of anilines is 1. The van der Waals surface area contributed by atoms with Gasteiger partial charge >= 0.3 is 0 Å². The number of hydrogen-bond donors (Lipinski definition) is 2. The number of pyridine rings is 1. The number of carbonyl (C=O) groups excluding carboxylic acids is 2. The number of rotatable bonds is 5. The van der Waals surface area contributed by atoms with Crippen molar-refractivity contribution < 1.29 is 9.59 Å². The topological polar surface area (TPSA) is 94.2 Å². The van der Waals surface area contributed by atoms with Gasteiger partial charge in [-0.2, -0.15) is 0 Å². The number of amides is 2. The van der Waals surface area contributed by atoms with Crippen molar-refractivity contribution in [2.24, 2.45) is 0 Å². The maximum atomic E-state index is 13.0. The minimum atomic E-state index is -0.636. The van der Waals surface area contributed by atoms with Crippen LogP contribution in [-0.2, 0) is 5.41 Å². The molecule has 6 nitrogen and oxygen atoms in total. The second kappa shape index (κ2) is 9.01. The summed E-state index contributed by atoms with van der Waals surface area (Å²) in [7, 11) is 0. The molecule has 0 radical (unpaired) electrons. The minimum Gasteiger partial charge on any atom is -0.384 e. The summed E-state index contributed by atoms with van der Waals surface area (Å²) < 4.78 is 1.26. The van der Waals surface area contributed by atoms with Gasteiger partial charge in [-0.25, -0.2) is 0 Å². The molecule has 1 aromatic heterocycles. The van der Waals surface area contributed by atoms with Crippen molar-refractivity contribution >= 4 is 17.6 Å². The van der Waals surface area contributed by atoms with Crippen LogP contribution in [0.5, 0.6) is 0 Å². The van der Waals surface area contributed by atoms with Crippen LogP contribution in [-0.4, -0.2) is 16.4 Å². The number of nitrogens with two attached hydrogens (primary N) is 1. The zero-order valence-electron chi connectivity index (χ0n) is 20.3. The quantitative estimate of drug-likeness (QED) is 0.272. The zero-order valence-corrected chi connectivity index (χ0v) is 20.3. The Kier molecular flexibility index (Phi) is 5.50. The lowest BCUT2D eigenvalue weighted by molar-refractivity contribution is 0.0880. The maximum Gasteiger partial charge on any atom is 0.262 e. The van der Waals surface area contributed by atoms with Gasteiger partial charge in [-0.15, -0.1) is 0 Å². The van der Waals surface area contributed by atoms with E-state index in [0.717, 1.165) is 28.3 Å². The Morgan fingerprint density at radius 3 is 1.50 bits per heavy atom. The first-order valence-electron chi connectivity index (χ1n) is 12.2. The third kappa shape index (κ3) is 3.46. The van der Waals surface area contributed by atoms with Gasteiger partial charge < -0.3 is 5.73 Å². The summed E-state index contributed by atoms with van der Waals surface area (Å²) in [6, 6.07) is 39.6. The molecule has 38 heavy (non-hydrogen) atoms. The molecule has 2 heterocycles. The number of imide groups is 1. The van der Waals surface area contributed by atoms with Crippen LogP contribution in [0.3, 0.4) is 0 Å². The van der Waals surface area contributed by atoms with Crippen molar-refractivity contribution in [1.29, 1.82) is 0 Å². The molecule has 2 amide bonds. The number of nitrogens with zero attached hydrogens (tertiary/aromatic N) is 1. The second-order valence-electron chi connectivity index (χ2n) is 9.17. The molecular weight excluding hydrogens is 474 g/mol. The second-order valence-corrected chi connectivity index (χ2v) is 9.17. The Labute approximate surface area is 219 Å². The van der Waals surface area contributed by atoms with Crippen molar-refractivity contribution in [3.8, 4) is 5.69 Å². The fourth-order valence-electron chi connectivity index (χ4n) is 5.47. The fourth-order valence-corrected chi connectivity index (χ4v) is 5.47. The first kappa shape index (κ1) is 23.2. The average Bonchev–Trinajstić information content (AvgIpc) is 3.24. The molecule has 0 unspecified atom stereocenters. The minimum absolute atomic E-state index is 0.00150. The largest absolute Gasteiger partial charge is 0.384 e. The molecule has 0 aliphatic carbocycles. The van der Waals surface area contributed by atoms with Gasteiger partial charge in [0.2, 0.25) is 0 Å². The smallest absolute Gasteiger partial charge is 0.262 e. The van der Waals surface area contributed by atoms with Crippen LogP contribution in [0.1, 0.15) is 43.0 Å². The molecule has 0 atom stereocenters. The molecular formula is C32H23N3O3. The van der Waals surface area contributed by atoms with Crippen LogP contribution in [0.25, 0.3) is 5.69 Å². The number of aromatic nitrogens is 1. The Morgan fingerprint density at radius 2 is 1.03 bits per heavy atom. The molecule has 1 aliphatic heterocycles. The van der Waals surface area contributed by atoms with Gasteiger partial charge in [-0.05, 0) is 34.4 Å². The van der Waals surface area contributed by atoms with E-state index in [4.69, 9.17) is 5.73 Å². The summed E-state index contributed by atoms with van der Waals surface area (Å²) in [5.74, 6) is -1.29. The summed E-state index contributed by atoms with van der Waals surface area (Å²) in [4.78, 5) is 37.4. The van der Waals surface area contributed by atoms with E-state index in [9.17, 15) is 14.4 Å². The van der Waals surface area contributed by atoms with Crippen molar-refractivity contribution in [1.82, 2.24) is 9.88 Å². The summed E-state index contributed by atoms with van der Waals surface area (Å²) in [5, 5.41) is 2.20. The van der Waals surface area contributed by atoms with Crippen molar-refractivity contribution in [3.05, 3.63) is 165 Å². The fraction of sp³-hybridized carbons (Fsp3) is 0.0312. The summed E-state index contributed by atoms with van der Waals surface area (Å²) >= 11 is 0. The molecule has 3 N–H and O–H groups in total. The van der Waals surface area contributed by atoms with E-state index < -0.39 is 22.8 Å². The highest BCUT2D eigenvalue weighted by Crippen LogP contribution is 2.45. The summed E-state index contributed by atoms with van der Waals surface area (Å²) in [5.41, 5.74) is 9.93. The van der Waals surface area contributed by atoms with Crippen LogP contribution in [0.15, 0.2) is 126 Å². The lowest BCUT2D eigenvalue weighted by Gasteiger charge is -2.37. The number of nitrogen functional groups attached to an aromatic ring is 1. The molecule has 0 fully saturated rings. The number of carbonyl (C=O) groups is 2. The molecule has 0 bridgehead atoms. The predicted molar refractivity (Wildman–Crippen MR) is 147 cm³/mol. The number of nitrogens with one attached hydrogen (secondary N) is 1. The third-order valence-corrected chi connectivity index (χ3v) is 7.13. The molecule has 5 aromatic rings. The van der Waals surface area contributed by atoms with E-state index >= 15 is 0 Å².